The molecular formula is C12H18ClN3. The number of rotatable bonds is 3. The van der Waals surface area contributed by atoms with Crippen LogP contribution in [0.3, 0.4) is 0 Å². The molecule has 88 valence electrons. The average Bonchev–Trinajstić information content (AvgIpc) is 2.55. The van der Waals surface area contributed by atoms with Crippen LogP contribution < -0.4 is 5.32 Å². The van der Waals surface area contributed by atoms with Crippen LogP contribution in [-0.2, 0) is 0 Å². The standard InChI is InChI=1S/C12H18ClN3/c1-11(2)9(12(11,3)4)7-14-8-5-10(13)16-15-6-8/h5-6,9H,7H2,1-4H3,(H,14,16). The molecule has 0 atom stereocenters. The summed E-state index contributed by atoms with van der Waals surface area (Å²) in [5.74, 6) is 0.687. The van der Waals surface area contributed by atoms with Gasteiger partial charge in [0.25, 0.3) is 0 Å². The summed E-state index contributed by atoms with van der Waals surface area (Å²) < 4.78 is 0. The van der Waals surface area contributed by atoms with E-state index in [1.165, 1.54) is 0 Å². The minimum absolute atomic E-state index is 0.407. The molecule has 1 fully saturated rings. The molecule has 1 heterocycles. The number of hydrogen-bond acceptors (Lipinski definition) is 3. The highest BCUT2D eigenvalue weighted by Gasteiger charge is 2.63. The number of nitrogens with one attached hydrogen (secondary N) is 1. The zero-order valence-electron chi connectivity index (χ0n) is 10.2. The minimum atomic E-state index is 0.407. The van der Waals surface area contributed by atoms with Crippen molar-refractivity contribution in [3.8, 4) is 0 Å². The third kappa shape index (κ3) is 1.77. The second kappa shape index (κ2) is 3.59. The van der Waals surface area contributed by atoms with E-state index in [0.717, 1.165) is 12.2 Å². The lowest BCUT2D eigenvalue weighted by Crippen LogP contribution is -2.08. The van der Waals surface area contributed by atoms with Crippen LogP contribution in [0.2, 0.25) is 5.15 Å². The Bertz CT molecular complexity index is 387. The number of aromatic nitrogens is 2. The van der Waals surface area contributed by atoms with E-state index in [2.05, 4.69) is 43.2 Å². The van der Waals surface area contributed by atoms with Crippen LogP contribution in [0.25, 0.3) is 0 Å². The van der Waals surface area contributed by atoms with Crippen LogP contribution in [-0.4, -0.2) is 16.7 Å². The molecule has 0 unspecified atom stereocenters. The lowest BCUT2D eigenvalue weighted by Gasteiger charge is -2.06. The normalized spacial score (nSPS) is 21.8. The summed E-state index contributed by atoms with van der Waals surface area (Å²) in [4.78, 5) is 0. The Balaban J connectivity index is 1.95. The maximum atomic E-state index is 5.77. The predicted molar refractivity (Wildman–Crippen MR) is 66.6 cm³/mol. The van der Waals surface area contributed by atoms with Gasteiger partial charge in [0.05, 0.1) is 11.9 Å². The molecule has 3 nitrogen and oxygen atoms in total. The number of nitrogens with zero attached hydrogens (tertiary/aromatic N) is 2. The Labute approximate surface area is 102 Å². The van der Waals surface area contributed by atoms with Crippen molar-refractivity contribution in [1.29, 1.82) is 0 Å². The van der Waals surface area contributed by atoms with Gasteiger partial charge in [-0.3, -0.25) is 0 Å². The summed E-state index contributed by atoms with van der Waals surface area (Å²) in [5.41, 5.74) is 1.76. The lowest BCUT2D eigenvalue weighted by atomic mass is 10.0. The van der Waals surface area contributed by atoms with Crippen molar-refractivity contribution in [3.05, 3.63) is 17.4 Å². The van der Waals surface area contributed by atoms with Crippen LogP contribution in [0.1, 0.15) is 27.7 Å². The van der Waals surface area contributed by atoms with E-state index in [0.29, 0.717) is 21.9 Å². The number of anilines is 1. The Hall–Kier alpha value is -0.830. The highest BCUT2D eigenvalue weighted by molar-refractivity contribution is 6.29. The van der Waals surface area contributed by atoms with Crippen molar-refractivity contribution in [3.63, 3.8) is 0 Å². The van der Waals surface area contributed by atoms with Crippen LogP contribution in [0.15, 0.2) is 12.3 Å². The van der Waals surface area contributed by atoms with E-state index >= 15 is 0 Å². The van der Waals surface area contributed by atoms with E-state index in [-0.39, 0.29) is 0 Å². The molecule has 0 bridgehead atoms. The van der Waals surface area contributed by atoms with Crippen LogP contribution in [0.5, 0.6) is 0 Å². The van der Waals surface area contributed by atoms with Crippen LogP contribution >= 0.6 is 11.6 Å². The summed E-state index contributed by atoms with van der Waals surface area (Å²) in [6.07, 6.45) is 1.70. The first-order chi connectivity index (χ1) is 7.35. The lowest BCUT2D eigenvalue weighted by molar-refractivity contribution is 0.457. The van der Waals surface area contributed by atoms with E-state index in [1.807, 2.05) is 0 Å². The molecule has 2 rings (SSSR count). The fourth-order valence-corrected chi connectivity index (χ4v) is 2.66. The maximum Gasteiger partial charge on any atom is 0.153 e. The predicted octanol–water partition coefficient (Wildman–Crippen LogP) is 3.22. The molecule has 1 aromatic rings. The van der Waals surface area contributed by atoms with E-state index in [1.54, 1.807) is 12.3 Å². The molecule has 0 amide bonds. The first-order valence-electron chi connectivity index (χ1n) is 5.58. The van der Waals surface area contributed by atoms with Gasteiger partial charge in [-0.2, -0.15) is 5.10 Å². The highest BCUT2D eigenvalue weighted by atomic mass is 35.5. The summed E-state index contributed by atoms with van der Waals surface area (Å²) in [7, 11) is 0. The van der Waals surface area contributed by atoms with Crippen molar-refractivity contribution in [2.24, 2.45) is 16.7 Å². The monoisotopic (exact) mass is 239 g/mol. The number of halogens is 1. The largest absolute Gasteiger partial charge is 0.383 e. The number of hydrogen-bond donors (Lipinski definition) is 1. The van der Waals surface area contributed by atoms with Gasteiger partial charge in [0, 0.05) is 12.6 Å². The Kier molecular flexibility index (Phi) is 2.61. The molecule has 1 aliphatic rings. The summed E-state index contributed by atoms with van der Waals surface area (Å²) in [5, 5.41) is 11.3. The van der Waals surface area contributed by atoms with Crippen molar-refractivity contribution in [1.82, 2.24) is 10.2 Å². The fraction of sp³-hybridized carbons (Fsp3) is 0.667. The average molecular weight is 240 g/mol. The van der Waals surface area contributed by atoms with Crippen molar-refractivity contribution < 1.29 is 0 Å². The van der Waals surface area contributed by atoms with E-state index in [4.69, 9.17) is 11.6 Å². The summed E-state index contributed by atoms with van der Waals surface area (Å²) in [6, 6.07) is 1.80. The summed E-state index contributed by atoms with van der Waals surface area (Å²) >= 11 is 5.77. The smallest absolute Gasteiger partial charge is 0.153 e. The molecule has 0 aliphatic heterocycles. The Morgan fingerprint density at radius 1 is 1.31 bits per heavy atom. The fourth-order valence-electron chi connectivity index (χ4n) is 2.50. The van der Waals surface area contributed by atoms with Gasteiger partial charge in [0.15, 0.2) is 5.15 Å². The zero-order chi connectivity index (χ0) is 12.0. The minimum Gasteiger partial charge on any atom is -0.383 e. The molecular weight excluding hydrogens is 222 g/mol. The third-order valence-electron chi connectivity index (χ3n) is 4.45. The van der Waals surface area contributed by atoms with Gasteiger partial charge in [-0.25, -0.2) is 0 Å². The quantitative estimate of drug-likeness (QED) is 0.880. The second-order valence-corrected chi connectivity index (χ2v) is 6.03. The SMILES string of the molecule is CC1(C)C(CNc2cnnc(Cl)c2)C1(C)C. The van der Waals surface area contributed by atoms with Gasteiger partial charge >= 0.3 is 0 Å². The Morgan fingerprint density at radius 2 is 1.94 bits per heavy atom. The van der Waals surface area contributed by atoms with Crippen molar-refractivity contribution in [2.75, 3.05) is 11.9 Å². The van der Waals surface area contributed by atoms with Crippen LogP contribution in [0.4, 0.5) is 5.69 Å². The molecule has 0 radical (unpaired) electrons. The van der Waals surface area contributed by atoms with Crippen molar-refractivity contribution >= 4 is 17.3 Å². The molecule has 0 spiro atoms. The molecule has 0 saturated heterocycles. The zero-order valence-corrected chi connectivity index (χ0v) is 11.0. The highest BCUT2D eigenvalue weighted by Crippen LogP contribution is 2.68. The second-order valence-electron chi connectivity index (χ2n) is 5.64. The third-order valence-corrected chi connectivity index (χ3v) is 4.64. The molecule has 1 N–H and O–H groups in total. The molecule has 1 aromatic heterocycles. The first kappa shape index (κ1) is 11.6. The van der Waals surface area contributed by atoms with Gasteiger partial charge in [-0.05, 0) is 16.7 Å². The van der Waals surface area contributed by atoms with Crippen molar-refractivity contribution in [2.45, 2.75) is 27.7 Å². The molecule has 4 heteroatoms. The maximum absolute atomic E-state index is 5.77. The van der Waals surface area contributed by atoms with Gasteiger partial charge in [-0.1, -0.05) is 39.3 Å². The van der Waals surface area contributed by atoms with Gasteiger partial charge in [-0.15, -0.1) is 5.10 Å². The van der Waals surface area contributed by atoms with E-state index < -0.39 is 0 Å². The topological polar surface area (TPSA) is 37.8 Å². The molecule has 0 aromatic carbocycles. The van der Waals surface area contributed by atoms with Crippen LogP contribution in [0, 0.1) is 16.7 Å². The van der Waals surface area contributed by atoms with Gasteiger partial charge in [0.1, 0.15) is 0 Å². The van der Waals surface area contributed by atoms with Gasteiger partial charge < -0.3 is 5.32 Å². The summed E-state index contributed by atoms with van der Waals surface area (Å²) in [6.45, 7) is 10.2. The Morgan fingerprint density at radius 3 is 2.44 bits per heavy atom. The molecule has 1 saturated carbocycles. The first-order valence-corrected chi connectivity index (χ1v) is 5.95. The molecule has 1 aliphatic carbocycles. The van der Waals surface area contributed by atoms with Gasteiger partial charge in [0.2, 0.25) is 0 Å². The van der Waals surface area contributed by atoms with E-state index in [9.17, 15) is 0 Å². The molecule has 16 heavy (non-hydrogen) atoms.